The number of aliphatic hydroxyl groups excluding tert-OH is 2. The highest BCUT2D eigenvalue weighted by Gasteiger charge is 2.29. The Balaban J connectivity index is 4.76. The van der Waals surface area contributed by atoms with Gasteiger partial charge in [0.05, 0.1) is 26.4 Å². The number of aliphatic hydroxyl groups is 2. The summed E-state index contributed by atoms with van der Waals surface area (Å²) in [6.07, 6.45) is 69.6. The molecule has 0 spiro atoms. The molecule has 0 heterocycles. The zero-order valence-corrected chi connectivity index (χ0v) is 55.4. The monoisotopic (exact) mass is 1260 g/mol. The van der Waals surface area contributed by atoms with Crippen molar-refractivity contribution in [3.05, 3.63) is 122 Å². The number of carbonyl (C=O) groups excluding carboxylic acids is 3. The molecule has 0 fully saturated rings. The molecule has 498 valence electrons. The lowest BCUT2D eigenvalue weighted by atomic mass is 10.1. The van der Waals surface area contributed by atoms with Gasteiger partial charge in [-0.15, -0.1) is 0 Å². The molecule has 0 saturated heterocycles. The molecule has 0 aliphatic rings. The first-order valence-electron chi connectivity index (χ1n) is 32.8. The molecule has 5 unspecified atom stereocenters. The Kier molecular flexibility index (Phi) is 59.3. The molecule has 0 aliphatic carbocycles. The molecule has 0 aliphatic heterocycles. The van der Waals surface area contributed by atoms with E-state index in [1.165, 1.54) is 0 Å². The van der Waals surface area contributed by atoms with Crippen molar-refractivity contribution in [3.63, 3.8) is 0 Å². The molecule has 0 saturated carbocycles. The number of rotatable bonds is 61. The summed E-state index contributed by atoms with van der Waals surface area (Å²) >= 11 is 0. The van der Waals surface area contributed by atoms with E-state index in [9.17, 15) is 43.5 Å². The number of allylic oxidation sites excluding steroid dienone is 20. The number of esters is 3. The van der Waals surface area contributed by atoms with Crippen LogP contribution in [-0.4, -0.2) is 95.9 Å². The third kappa shape index (κ3) is 63.3. The van der Waals surface area contributed by atoms with Crippen LogP contribution in [0.2, 0.25) is 0 Å². The van der Waals surface area contributed by atoms with E-state index in [-0.39, 0.29) is 19.3 Å². The first-order valence-corrected chi connectivity index (χ1v) is 35.8. The zero-order chi connectivity index (χ0) is 63.8. The minimum absolute atomic E-state index is 0.0872. The molecule has 0 amide bonds. The van der Waals surface area contributed by atoms with E-state index in [0.29, 0.717) is 19.3 Å². The minimum atomic E-state index is -4.93. The summed E-state index contributed by atoms with van der Waals surface area (Å²) in [6, 6.07) is 0. The van der Waals surface area contributed by atoms with Crippen molar-refractivity contribution in [1.82, 2.24) is 0 Å². The smallest absolute Gasteiger partial charge is 0.463 e. The molecule has 0 radical (unpaired) electrons. The number of phosphoric acid groups is 2. The molecule has 0 aromatic heterocycles. The maximum atomic E-state index is 12.9. The van der Waals surface area contributed by atoms with Crippen LogP contribution in [0.4, 0.5) is 0 Å². The highest BCUT2D eigenvalue weighted by atomic mass is 31.2. The van der Waals surface area contributed by atoms with Crippen molar-refractivity contribution in [2.75, 3.05) is 39.6 Å². The van der Waals surface area contributed by atoms with Crippen LogP contribution in [0.1, 0.15) is 239 Å². The second-order valence-corrected chi connectivity index (χ2v) is 24.4. The number of hydrogen-bond donors (Lipinski definition) is 4. The fourth-order valence-corrected chi connectivity index (χ4v) is 9.82. The predicted molar refractivity (Wildman–Crippen MR) is 353 cm³/mol. The van der Waals surface area contributed by atoms with Gasteiger partial charge in [0.25, 0.3) is 0 Å². The van der Waals surface area contributed by atoms with Crippen LogP contribution < -0.4 is 0 Å². The maximum Gasteiger partial charge on any atom is 0.472 e. The van der Waals surface area contributed by atoms with Gasteiger partial charge in [0.15, 0.2) is 6.10 Å². The standard InChI is InChI=1S/C69H116O16P2/c1-4-7-10-13-16-19-22-25-28-31-34-37-40-43-46-49-52-55-67(72)79-58-64(70)59-81-86(75,76)82-60-65(71)61-83-87(77,78)84-63-66(85-69(74)57-54-51-48-45-42-39-36-33-30-27-24-21-18-15-12-9-6-3)62-80-68(73)56-53-50-47-44-41-38-35-32-29-26-23-20-17-14-11-8-5-2/h7-12,16-21,25-30,34,37,64-66,70-71H,4-6,13-15,22-24,31-33,35-36,38-63H2,1-3H3,(H,75,76)(H,77,78)/b10-7-,11-8-,12-9-,19-16-,20-17-,21-18-,28-25-,29-26-,30-27-,37-34-. The van der Waals surface area contributed by atoms with E-state index in [2.05, 4.69) is 142 Å². The molecule has 0 aromatic carbocycles. The van der Waals surface area contributed by atoms with Crippen molar-refractivity contribution in [2.45, 2.75) is 257 Å². The minimum Gasteiger partial charge on any atom is -0.463 e. The molecule has 0 aromatic rings. The van der Waals surface area contributed by atoms with Crippen LogP contribution in [0.15, 0.2) is 122 Å². The number of hydrogen-bond acceptors (Lipinski definition) is 14. The Hall–Kier alpha value is -4.05. The van der Waals surface area contributed by atoms with Crippen molar-refractivity contribution in [3.8, 4) is 0 Å². The average molecular weight is 1260 g/mol. The van der Waals surface area contributed by atoms with E-state index in [1.54, 1.807) is 0 Å². The highest BCUT2D eigenvalue weighted by molar-refractivity contribution is 7.47. The van der Waals surface area contributed by atoms with Crippen LogP contribution in [0.5, 0.6) is 0 Å². The van der Waals surface area contributed by atoms with Gasteiger partial charge < -0.3 is 34.2 Å². The van der Waals surface area contributed by atoms with Gasteiger partial charge in [0.1, 0.15) is 25.4 Å². The summed E-state index contributed by atoms with van der Waals surface area (Å²) in [4.78, 5) is 58.3. The van der Waals surface area contributed by atoms with Gasteiger partial charge in [-0.1, -0.05) is 219 Å². The SMILES string of the molecule is CC/C=C\C/C=C\C/C=C\C/C=C\CCCCCCC(=O)OCC(O)COP(=O)(O)OCC(O)COP(=O)(O)OCC(COC(=O)CCCCCCCCC/C=C\C/C=C\C/C=C\CC)OC(=O)CCCCCCCCC/C=C\C/C=C\C/C=C\CC. The predicted octanol–water partition coefficient (Wildman–Crippen LogP) is 17.9. The zero-order valence-electron chi connectivity index (χ0n) is 53.6. The second-order valence-electron chi connectivity index (χ2n) is 21.5. The molecule has 18 heteroatoms. The molecule has 5 atom stereocenters. The third-order valence-electron chi connectivity index (χ3n) is 13.2. The van der Waals surface area contributed by atoms with Gasteiger partial charge in [-0.2, -0.15) is 0 Å². The lowest BCUT2D eigenvalue weighted by Crippen LogP contribution is -2.30. The summed E-state index contributed by atoms with van der Waals surface area (Å²) in [5.74, 6) is -1.63. The Morgan fingerprint density at radius 1 is 0.322 bits per heavy atom. The van der Waals surface area contributed by atoms with E-state index in [4.69, 9.17) is 32.3 Å². The van der Waals surface area contributed by atoms with Gasteiger partial charge >= 0.3 is 33.6 Å². The first kappa shape index (κ1) is 83.0. The lowest BCUT2D eigenvalue weighted by molar-refractivity contribution is -0.161. The van der Waals surface area contributed by atoms with Crippen LogP contribution in [0, 0.1) is 0 Å². The molecule has 16 nitrogen and oxygen atoms in total. The van der Waals surface area contributed by atoms with Crippen LogP contribution in [-0.2, 0) is 55.8 Å². The number of unbranched alkanes of at least 4 members (excludes halogenated alkanes) is 18. The molecule has 4 N–H and O–H groups in total. The summed E-state index contributed by atoms with van der Waals surface area (Å²) in [7, 11) is -9.79. The Morgan fingerprint density at radius 2 is 0.575 bits per heavy atom. The van der Waals surface area contributed by atoms with Gasteiger partial charge in [-0.3, -0.25) is 32.5 Å². The van der Waals surface area contributed by atoms with Crippen molar-refractivity contribution >= 4 is 33.6 Å². The Morgan fingerprint density at radius 3 is 0.908 bits per heavy atom. The topological polar surface area (TPSA) is 231 Å². The molecular weight excluding hydrogens is 1150 g/mol. The first-order chi connectivity index (χ1) is 42.2. The largest absolute Gasteiger partial charge is 0.472 e. The maximum absolute atomic E-state index is 12.9. The lowest BCUT2D eigenvalue weighted by Gasteiger charge is -2.21. The third-order valence-corrected chi connectivity index (χ3v) is 15.1. The fourth-order valence-electron chi connectivity index (χ4n) is 8.24. The summed E-state index contributed by atoms with van der Waals surface area (Å²) in [5.41, 5.74) is 0. The Labute approximate surface area is 525 Å². The van der Waals surface area contributed by atoms with Crippen molar-refractivity contribution in [1.29, 1.82) is 0 Å². The van der Waals surface area contributed by atoms with Gasteiger partial charge in [-0.25, -0.2) is 9.13 Å². The summed E-state index contributed by atoms with van der Waals surface area (Å²) < 4.78 is 60.8. The normalized spacial score (nSPS) is 15.1. The highest BCUT2D eigenvalue weighted by Crippen LogP contribution is 2.45. The van der Waals surface area contributed by atoms with Crippen LogP contribution in [0.25, 0.3) is 0 Å². The molecular formula is C69H116O16P2. The number of phosphoric ester groups is 2. The van der Waals surface area contributed by atoms with E-state index >= 15 is 0 Å². The van der Waals surface area contributed by atoms with Gasteiger partial charge in [0.2, 0.25) is 0 Å². The van der Waals surface area contributed by atoms with Crippen LogP contribution >= 0.6 is 15.6 Å². The summed E-state index contributed by atoms with van der Waals surface area (Å²) in [6.45, 7) is 2.26. The fraction of sp³-hybridized carbons (Fsp3) is 0.667. The molecule has 0 bridgehead atoms. The van der Waals surface area contributed by atoms with Crippen LogP contribution in [0.3, 0.4) is 0 Å². The Bertz CT molecular complexity index is 2070. The summed E-state index contributed by atoms with van der Waals surface area (Å²) in [5, 5.41) is 20.5. The number of carbonyl (C=O) groups is 3. The van der Waals surface area contributed by atoms with Gasteiger partial charge in [-0.05, 0) is 122 Å². The van der Waals surface area contributed by atoms with E-state index in [1.807, 2.05) is 0 Å². The van der Waals surface area contributed by atoms with Crippen molar-refractivity contribution in [2.24, 2.45) is 0 Å². The van der Waals surface area contributed by atoms with Gasteiger partial charge in [0, 0.05) is 19.3 Å². The van der Waals surface area contributed by atoms with E-state index in [0.717, 1.165) is 180 Å². The second kappa shape index (κ2) is 62.2. The molecule has 87 heavy (non-hydrogen) atoms. The average Bonchev–Trinajstić information content (AvgIpc) is 3.59. The quantitative estimate of drug-likeness (QED) is 0.0146. The molecule has 0 rings (SSSR count). The van der Waals surface area contributed by atoms with E-state index < -0.39 is 91.5 Å². The number of ether oxygens (including phenoxy) is 3. The van der Waals surface area contributed by atoms with Crippen molar-refractivity contribution < 1.29 is 75.8 Å².